The lowest BCUT2D eigenvalue weighted by Gasteiger charge is -2.33. The summed E-state index contributed by atoms with van der Waals surface area (Å²) in [7, 11) is 0. The fraction of sp³-hybridized carbons (Fsp3) is 0.435. The minimum absolute atomic E-state index is 0.148. The molecule has 0 spiro atoms. The highest BCUT2D eigenvalue weighted by atomic mass is 35.5. The number of benzene rings is 1. The molecule has 1 unspecified atom stereocenters. The molecule has 1 aliphatic carbocycles. The lowest BCUT2D eigenvalue weighted by atomic mass is 9.94. The Morgan fingerprint density at radius 2 is 1.87 bits per heavy atom. The molecule has 2 amide bonds. The van der Waals surface area contributed by atoms with Gasteiger partial charge in [-0.25, -0.2) is 0 Å². The van der Waals surface area contributed by atoms with Crippen LogP contribution in [0.3, 0.4) is 0 Å². The molecular formula is C23H27Cl2N3O2. The van der Waals surface area contributed by atoms with E-state index in [4.69, 9.17) is 23.2 Å². The number of nitrogens with one attached hydrogen (secondary N) is 1. The number of aromatic nitrogens is 1. The molecule has 1 atom stereocenters. The van der Waals surface area contributed by atoms with E-state index in [1.165, 1.54) is 6.42 Å². The first-order chi connectivity index (χ1) is 14.6. The molecule has 1 fully saturated rings. The second-order valence-electron chi connectivity index (χ2n) is 7.63. The number of halogens is 2. The van der Waals surface area contributed by atoms with Crippen molar-refractivity contribution >= 4 is 35.0 Å². The molecule has 160 valence electrons. The van der Waals surface area contributed by atoms with Crippen molar-refractivity contribution < 1.29 is 9.59 Å². The number of amides is 2. The van der Waals surface area contributed by atoms with Gasteiger partial charge in [-0.3, -0.25) is 14.6 Å². The average molecular weight is 448 g/mol. The van der Waals surface area contributed by atoms with E-state index >= 15 is 0 Å². The van der Waals surface area contributed by atoms with Gasteiger partial charge in [-0.15, -0.1) is 11.6 Å². The van der Waals surface area contributed by atoms with E-state index in [0.29, 0.717) is 23.6 Å². The maximum absolute atomic E-state index is 13.3. The summed E-state index contributed by atoms with van der Waals surface area (Å²) in [6.07, 6.45) is 9.26. The third-order valence-corrected chi connectivity index (χ3v) is 5.98. The number of carbonyl (C=O) groups is 2. The molecule has 0 saturated heterocycles. The number of carbonyl (C=O) groups excluding carboxylic acids is 2. The van der Waals surface area contributed by atoms with E-state index in [9.17, 15) is 9.59 Å². The highest BCUT2D eigenvalue weighted by Crippen LogP contribution is 2.24. The molecule has 1 aliphatic rings. The second-order valence-corrected chi connectivity index (χ2v) is 8.33. The lowest BCUT2D eigenvalue weighted by Crippen LogP contribution is -2.48. The highest BCUT2D eigenvalue weighted by molar-refractivity contribution is 6.30. The molecule has 2 aromatic rings. The molecule has 1 aromatic heterocycles. The highest BCUT2D eigenvalue weighted by Gasteiger charge is 2.32. The van der Waals surface area contributed by atoms with Crippen LogP contribution in [0.4, 0.5) is 0 Å². The molecule has 3 rings (SSSR count). The Bertz CT molecular complexity index is 824. The summed E-state index contributed by atoms with van der Waals surface area (Å²) in [6.45, 7) is 0.366. The minimum atomic E-state index is -0.765. The van der Waals surface area contributed by atoms with Gasteiger partial charge in [-0.05, 0) is 43.0 Å². The van der Waals surface area contributed by atoms with Crippen LogP contribution in [-0.2, 0) is 16.0 Å². The molecule has 0 aliphatic heterocycles. The van der Waals surface area contributed by atoms with Crippen LogP contribution in [0.1, 0.15) is 49.3 Å². The summed E-state index contributed by atoms with van der Waals surface area (Å²) in [5.41, 5.74) is 1.71. The zero-order valence-corrected chi connectivity index (χ0v) is 18.4. The van der Waals surface area contributed by atoms with E-state index in [2.05, 4.69) is 10.3 Å². The largest absolute Gasteiger partial charge is 0.351 e. The summed E-state index contributed by atoms with van der Waals surface area (Å²) in [4.78, 5) is 31.8. The van der Waals surface area contributed by atoms with Crippen LogP contribution in [-0.4, -0.2) is 40.2 Å². The van der Waals surface area contributed by atoms with E-state index in [0.717, 1.165) is 31.2 Å². The smallest absolute Gasteiger partial charge is 0.247 e. The molecule has 1 heterocycles. The van der Waals surface area contributed by atoms with Gasteiger partial charge in [0, 0.05) is 35.6 Å². The topological polar surface area (TPSA) is 62.3 Å². The van der Waals surface area contributed by atoms with Gasteiger partial charge in [0.25, 0.3) is 0 Å². The van der Waals surface area contributed by atoms with Crippen LogP contribution in [0.5, 0.6) is 0 Å². The molecule has 0 radical (unpaired) electrons. The molecule has 0 bridgehead atoms. The van der Waals surface area contributed by atoms with E-state index in [1.807, 2.05) is 30.3 Å². The standard InChI is InChI=1S/C23H27Cl2N3O2/c24-15-21(29)28(14-12-17-8-10-19(25)11-9-17)22(18-5-4-13-26-16-18)23(30)27-20-6-2-1-3-7-20/h4-5,8-11,13,16,20,22H,1-3,6-7,12,14-15H2,(H,27,30). The van der Waals surface area contributed by atoms with Crippen LogP contribution < -0.4 is 5.32 Å². The van der Waals surface area contributed by atoms with Crippen LogP contribution in [0.2, 0.25) is 5.02 Å². The molecule has 1 saturated carbocycles. The first-order valence-corrected chi connectivity index (χ1v) is 11.3. The van der Waals surface area contributed by atoms with Gasteiger partial charge in [0.2, 0.25) is 11.8 Å². The Balaban J connectivity index is 1.83. The van der Waals surface area contributed by atoms with Crippen molar-refractivity contribution in [1.29, 1.82) is 0 Å². The monoisotopic (exact) mass is 447 g/mol. The maximum Gasteiger partial charge on any atom is 0.247 e. The molecular weight excluding hydrogens is 421 g/mol. The zero-order valence-electron chi connectivity index (χ0n) is 16.9. The van der Waals surface area contributed by atoms with Gasteiger partial charge in [0.1, 0.15) is 11.9 Å². The predicted molar refractivity (Wildman–Crippen MR) is 120 cm³/mol. The summed E-state index contributed by atoms with van der Waals surface area (Å²) in [5, 5.41) is 3.82. The number of nitrogens with zero attached hydrogens (tertiary/aromatic N) is 2. The maximum atomic E-state index is 13.3. The van der Waals surface area contributed by atoms with E-state index < -0.39 is 6.04 Å². The predicted octanol–water partition coefficient (Wildman–Crippen LogP) is 4.54. The first-order valence-electron chi connectivity index (χ1n) is 10.4. The van der Waals surface area contributed by atoms with Crippen LogP contribution in [0, 0.1) is 0 Å². The SMILES string of the molecule is O=C(NC1CCCCC1)C(c1cccnc1)N(CCc1ccc(Cl)cc1)C(=O)CCl. The normalized spacial score (nSPS) is 15.4. The summed E-state index contributed by atoms with van der Waals surface area (Å²) < 4.78 is 0. The van der Waals surface area contributed by atoms with Crippen molar-refractivity contribution in [3.8, 4) is 0 Å². The fourth-order valence-electron chi connectivity index (χ4n) is 3.91. The van der Waals surface area contributed by atoms with Crippen LogP contribution in [0.15, 0.2) is 48.8 Å². The Kier molecular flexibility index (Phi) is 8.52. The van der Waals surface area contributed by atoms with Gasteiger partial charge in [0.05, 0.1) is 0 Å². The summed E-state index contributed by atoms with van der Waals surface area (Å²) in [5.74, 6) is -0.642. The number of rotatable bonds is 8. The molecule has 1 N–H and O–H groups in total. The van der Waals surface area contributed by atoms with Gasteiger partial charge in [-0.1, -0.05) is 49.1 Å². The Hall–Kier alpha value is -2.11. The van der Waals surface area contributed by atoms with Crippen LogP contribution in [0.25, 0.3) is 0 Å². The third-order valence-electron chi connectivity index (χ3n) is 5.50. The fourth-order valence-corrected chi connectivity index (χ4v) is 4.19. The van der Waals surface area contributed by atoms with Crippen molar-refractivity contribution in [2.45, 2.75) is 50.6 Å². The van der Waals surface area contributed by atoms with Gasteiger partial charge < -0.3 is 10.2 Å². The van der Waals surface area contributed by atoms with Gasteiger partial charge >= 0.3 is 0 Å². The van der Waals surface area contributed by atoms with Crippen molar-refractivity contribution in [3.63, 3.8) is 0 Å². The Morgan fingerprint density at radius 1 is 1.13 bits per heavy atom. The van der Waals surface area contributed by atoms with E-state index in [-0.39, 0.29) is 23.7 Å². The quantitative estimate of drug-likeness (QED) is 0.604. The lowest BCUT2D eigenvalue weighted by molar-refractivity contribution is -0.139. The number of hydrogen-bond acceptors (Lipinski definition) is 3. The van der Waals surface area contributed by atoms with Crippen molar-refractivity contribution in [1.82, 2.24) is 15.2 Å². The van der Waals surface area contributed by atoms with Gasteiger partial charge in [0.15, 0.2) is 0 Å². The average Bonchev–Trinajstić information content (AvgIpc) is 2.78. The van der Waals surface area contributed by atoms with Gasteiger partial charge in [-0.2, -0.15) is 0 Å². The molecule has 5 nitrogen and oxygen atoms in total. The number of hydrogen-bond donors (Lipinski definition) is 1. The summed E-state index contributed by atoms with van der Waals surface area (Å²) >= 11 is 11.9. The van der Waals surface area contributed by atoms with Crippen molar-refractivity contribution in [2.75, 3.05) is 12.4 Å². The third kappa shape index (κ3) is 6.19. The second kappa shape index (κ2) is 11.3. The zero-order chi connectivity index (χ0) is 21.3. The molecule has 7 heteroatoms. The minimum Gasteiger partial charge on any atom is -0.351 e. The molecule has 30 heavy (non-hydrogen) atoms. The van der Waals surface area contributed by atoms with E-state index in [1.54, 1.807) is 23.4 Å². The van der Waals surface area contributed by atoms with Crippen molar-refractivity contribution in [2.24, 2.45) is 0 Å². The Morgan fingerprint density at radius 3 is 2.50 bits per heavy atom. The summed E-state index contributed by atoms with van der Waals surface area (Å²) in [6, 6.07) is 10.5. The first kappa shape index (κ1) is 22.6. The van der Waals surface area contributed by atoms with Crippen LogP contribution >= 0.6 is 23.2 Å². The number of pyridine rings is 1. The number of alkyl halides is 1. The Labute approximate surface area is 187 Å². The molecule has 1 aromatic carbocycles. The van der Waals surface area contributed by atoms with Crippen molar-refractivity contribution in [3.05, 3.63) is 64.9 Å².